The van der Waals surface area contributed by atoms with Crippen molar-refractivity contribution in [2.24, 2.45) is 0 Å². The number of alkyl halides is 3. The van der Waals surface area contributed by atoms with E-state index >= 15 is 0 Å². The number of nitrogens with zero attached hydrogens (tertiary/aromatic N) is 1. The second-order valence-electron chi connectivity index (χ2n) is 4.47. The van der Waals surface area contributed by atoms with Crippen LogP contribution < -0.4 is 5.32 Å². The van der Waals surface area contributed by atoms with Crippen molar-refractivity contribution in [3.8, 4) is 0 Å². The van der Waals surface area contributed by atoms with Gasteiger partial charge in [0.2, 0.25) is 0 Å². The van der Waals surface area contributed by atoms with Crippen molar-refractivity contribution in [1.29, 1.82) is 0 Å². The highest BCUT2D eigenvalue weighted by Gasteiger charge is 2.26. The zero-order chi connectivity index (χ0) is 15.3. The number of benzene rings is 1. The lowest BCUT2D eigenvalue weighted by atomic mass is 10.1. The molecule has 0 saturated carbocycles. The van der Waals surface area contributed by atoms with Crippen LogP contribution in [-0.4, -0.2) is 17.1 Å². The van der Waals surface area contributed by atoms with Crippen molar-refractivity contribution >= 4 is 23.0 Å². The SMILES string of the molecule is CC(CCCC(F)(F)F)Nc1ccc(Cl)cc1[N+](=O)[O-]. The van der Waals surface area contributed by atoms with Gasteiger partial charge in [0.05, 0.1) is 4.92 Å². The molecular formula is C12H14ClF3N2O2. The maximum atomic E-state index is 12.0. The van der Waals surface area contributed by atoms with Crippen molar-refractivity contribution in [3.63, 3.8) is 0 Å². The second kappa shape index (κ2) is 6.78. The minimum absolute atomic E-state index is 0.0287. The van der Waals surface area contributed by atoms with Gasteiger partial charge in [-0.3, -0.25) is 10.1 Å². The summed E-state index contributed by atoms with van der Waals surface area (Å²) < 4.78 is 36.1. The average molecular weight is 311 g/mol. The first-order chi connectivity index (χ1) is 9.19. The van der Waals surface area contributed by atoms with Crippen molar-refractivity contribution in [3.05, 3.63) is 33.3 Å². The van der Waals surface area contributed by atoms with E-state index in [0.717, 1.165) is 0 Å². The molecule has 0 aromatic heterocycles. The lowest BCUT2D eigenvalue weighted by molar-refractivity contribution is -0.384. The normalized spacial score (nSPS) is 13.1. The fourth-order valence-corrected chi connectivity index (χ4v) is 1.89. The van der Waals surface area contributed by atoms with Gasteiger partial charge in [0, 0.05) is 23.6 Å². The van der Waals surface area contributed by atoms with Crippen LogP contribution in [0, 0.1) is 10.1 Å². The van der Waals surface area contributed by atoms with Crippen LogP contribution in [0.3, 0.4) is 0 Å². The summed E-state index contributed by atoms with van der Waals surface area (Å²) in [5.41, 5.74) is 0.0547. The van der Waals surface area contributed by atoms with E-state index < -0.39 is 17.5 Å². The first kappa shape index (κ1) is 16.6. The molecule has 0 bridgehead atoms. The Morgan fingerprint density at radius 1 is 1.45 bits per heavy atom. The van der Waals surface area contributed by atoms with E-state index in [1.54, 1.807) is 6.92 Å². The Kier molecular flexibility index (Phi) is 5.62. The lowest BCUT2D eigenvalue weighted by Crippen LogP contribution is -2.17. The standard InChI is InChI=1S/C12H14ClF3N2O2/c1-8(3-2-6-12(14,15)16)17-10-5-4-9(13)7-11(10)18(19)20/h4-5,7-8,17H,2-3,6H2,1H3. The average Bonchev–Trinajstić information content (AvgIpc) is 2.29. The van der Waals surface area contributed by atoms with Crippen molar-refractivity contribution < 1.29 is 18.1 Å². The lowest BCUT2D eigenvalue weighted by Gasteiger charge is -2.15. The molecule has 4 nitrogen and oxygen atoms in total. The zero-order valence-corrected chi connectivity index (χ0v) is 11.5. The fraction of sp³-hybridized carbons (Fsp3) is 0.500. The zero-order valence-electron chi connectivity index (χ0n) is 10.7. The Labute approximate surface area is 119 Å². The third-order valence-corrected chi connectivity index (χ3v) is 2.89. The topological polar surface area (TPSA) is 55.2 Å². The van der Waals surface area contributed by atoms with Gasteiger partial charge in [-0.25, -0.2) is 0 Å². The van der Waals surface area contributed by atoms with E-state index in [-0.39, 0.29) is 35.3 Å². The summed E-state index contributed by atoms with van der Waals surface area (Å²) in [6.45, 7) is 1.68. The Morgan fingerprint density at radius 3 is 2.65 bits per heavy atom. The predicted molar refractivity (Wildman–Crippen MR) is 71.1 cm³/mol. The summed E-state index contributed by atoms with van der Waals surface area (Å²) in [4.78, 5) is 10.3. The molecule has 1 aromatic rings. The number of anilines is 1. The summed E-state index contributed by atoms with van der Waals surface area (Å²) >= 11 is 5.67. The molecule has 1 unspecified atom stereocenters. The Hall–Kier alpha value is -1.50. The molecule has 1 aromatic carbocycles. The number of nitrogens with one attached hydrogen (secondary N) is 1. The number of nitro groups is 1. The van der Waals surface area contributed by atoms with Crippen LogP contribution in [0.1, 0.15) is 26.2 Å². The molecule has 0 aliphatic heterocycles. The van der Waals surface area contributed by atoms with E-state index in [1.807, 2.05) is 0 Å². The van der Waals surface area contributed by atoms with E-state index in [2.05, 4.69) is 5.32 Å². The van der Waals surface area contributed by atoms with Gasteiger partial charge in [-0.15, -0.1) is 0 Å². The summed E-state index contributed by atoms with van der Waals surface area (Å²) in [6, 6.07) is 3.82. The van der Waals surface area contributed by atoms with Crippen LogP contribution in [0.5, 0.6) is 0 Å². The number of hydrogen-bond acceptors (Lipinski definition) is 3. The molecule has 1 N–H and O–H groups in total. The summed E-state index contributed by atoms with van der Waals surface area (Å²) in [5, 5.41) is 13.9. The molecule has 1 atom stereocenters. The maximum Gasteiger partial charge on any atom is 0.389 e. The third-order valence-electron chi connectivity index (χ3n) is 2.66. The van der Waals surface area contributed by atoms with E-state index in [0.29, 0.717) is 0 Å². The van der Waals surface area contributed by atoms with E-state index in [1.165, 1.54) is 18.2 Å². The smallest absolute Gasteiger partial charge is 0.377 e. The molecule has 20 heavy (non-hydrogen) atoms. The fourth-order valence-electron chi connectivity index (χ4n) is 1.72. The Bertz CT molecular complexity index is 480. The predicted octanol–water partition coefficient (Wildman–Crippen LogP) is 4.78. The van der Waals surface area contributed by atoms with Crippen molar-refractivity contribution in [1.82, 2.24) is 0 Å². The van der Waals surface area contributed by atoms with Gasteiger partial charge < -0.3 is 5.32 Å². The van der Waals surface area contributed by atoms with E-state index in [4.69, 9.17) is 11.6 Å². The Morgan fingerprint density at radius 2 is 2.10 bits per heavy atom. The maximum absolute atomic E-state index is 12.0. The van der Waals surface area contributed by atoms with Gasteiger partial charge in [-0.1, -0.05) is 11.6 Å². The number of hydrogen-bond donors (Lipinski definition) is 1. The molecule has 0 aliphatic carbocycles. The molecule has 0 aliphatic rings. The number of nitro benzene ring substituents is 1. The highest BCUT2D eigenvalue weighted by atomic mass is 35.5. The molecule has 1 rings (SSSR count). The minimum atomic E-state index is -4.17. The highest BCUT2D eigenvalue weighted by molar-refractivity contribution is 6.30. The van der Waals surface area contributed by atoms with Crippen molar-refractivity contribution in [2.75, 3.05) is 5.32 Å². The molecule has 8 heteroatoms. The van der Waals surface area contributed by atoms with Gasteiger partial charge in [0.25, 0.3) is 5.69 Å². The molecular weight excluding hydrogens is 297 g/mol. The van der Waals surface area contributed by atoms with Crippen LogP contribution in [0.15, 0.2) is 18.2 Å². The van der Waals surface area contributed by atoms with Gasteiger partial charge in [0.1, 0.15) is 5.69 Å². The van der Waals surface area contributed by atoms with Gasteiger partial charge in [-0.05, 0) is 31.9 Å². The Balaban J connectivity index is 2.62. The quantitative estimate of drug-likeness (QED) is 0.607. The first-order valence-electron chi connectivity index (χ1n) is 5.96. The van der Waals surface area contributed by atoms with Crippen LogP contribution in [0.4, 0.5) is 24.5 Å². The first-order valence-corrected chi connectivity index (χ1v) is 6.34. The summed E-state index contributed by atoms with van der Waals surface area (Å²) in [6.07, 6.45) is -4.80. The third kappa shape index (κ3) is 5.64. The second-order valence-corrected chi connectivity index (χ2v) is 4.91. The summed E-state index contributed by atoms with van der Waals surface area (Å²) in [5.74, 6) is 0. The molecule has 0 heterocycles. The molecule has 0 fully saturated rings. The summed E-state index contributed by atoms with van der Waals surface area (Å²) in [7, 11) is 0. The van der Waals surface area contributed by atoms with Gasteiger partial charge >= 0.3 is 6.18 Å². The number of halogens is 4. The minimum Gasteiger partial charge on any atom is -0.377 e. The molecule has 0 amide bonds. The van der Waals surface area contributed by atoms with Crippen LogP contribution >= 0.6 is 11.6 Å². The molecule has 0 spiro atoms. The molecule has 112 valence electrons. The largest absolute Gasteiger partial charge is 0.389 e. The number of rotatable bonds is 6. The van der Waals surface area contributed by atoms with Crippen LogP contribution in [-0.2, 0) is 0 Å². The molecule has 0 saturated heterocycles. The van der Waals surface area contributed by atoms with Gasteiger partial charge in [-0.2, -0.15) is 13.2 Å². The highest BCUT2D eigenvalue weighted by Crippen LogP contribution is 2.29. The monoisotopic (exact) mass is 310 g/mol. The van der Waals surface area contributed by atoms with Gasteiger partial charge in [0.15, 0.2) is 0 Å². The van der Waals surface area contributed by atoms with Crippen LogP contribution in [0.2, 0.25) is 5.02 Å². The van der Waals surface area contributed by atoms with E-state index in [9.17, 15) is 23.3 Å². The van der Waals surface area contributed by atoms with Crippen LogP contribution in [0.25, 0.3) is 0 Å². The van der Waals surface area contributed by atoms with Crippen molar-refractivity contribution in [2.45, 2.75) is 38.4 Å². The molecule has 0 radical (unpaired) electrons.